The van der Waals surface area contributed by atoms with E-state index in [-0.39, 0.29) is 0 Å². The number of benzene rings is 2. The molecule has 0 bridgehead atoms. The Balaban J connectivity index is 1.77. The summed E-state index contributed by atoms with van der Waals surface area (Å²) in [7, 11) is 0. The van der Waals surface area contributed by atoms with E-state index in [0.29, 0.717) is 12.1 Å². The summed E-state index contributed by atoms with van der Waals surface area (Å²) in [5, 5.41) is 13.2. The van der Waals surface area contributed by atoms with Crippen molar-refractivity contribution in [3.8, 4) is 11.1 Å². The second-order valence-electron chi connectivity index (χ2n) is 4.79. The maximum absolute atomic E-state index is 10.8. The summed E-state index contributed by atoms with van der Waals surface area (Å²) in [5.74, 6) is -0.910. The van der Waals surface area contributed by atoms with Gasteiger partial charge >= 0.3 is 5.97 Å². The van der Waals surface area contributed by atoms with Gasteiger partial charge in [-0.25, -0.2) is 4.79 Å². The van der Waals surface area contributed by atoms with E-state index in [1.807, 2.05) is 59.5 Å². The van der Waals surface area contributed by atoms with Gasteiger partial charge in [-0.1, -0.05) is 42.5 Å². The quantitative estimate of drug-likeness (QED) is 0.796. The SMILES string of the molecule is O=C(O)c1ccc(Cn2cc(-c3ccccc3)cn2)cc1. The van der Waals surface area contributed by atoms with Gasteiger partial charge in [-0.2, -0.15) is 5.10 Å². The van der Waals surface area contributed by atoms with Crippen LogP contribution in [-0.4, -0.2) is 20.9 Å². The molecule has 0 fully saturated rings. The van der Waals surface area contributed by atoms with Crippen molar-refractivity contribution >= 4 is 5.97 Å². The summed E-state index contributed by atoms with van der Waals surface area (Å²) >= 11 is 0. The second-order valence-corrected chi connectivity index (χ2v) is 4.79. The molecule has 0 spiro atoms. The molecule has 21 heavy (non-hydrogen) atoms. The molecule has 4 nitrogen and oxygen atoms in total. The Morgan fingerprint density at radius 3 is 2.38 bits per heavy atom. The van der Waals surface area contributed by atoms with Crippen LogP contribution < -0.4 is 0 Å². The first-order valence-corrected chi connectivity index (χ1v) is 6.62. The van der Waals surface area contributed by atoms with Crippen LogP contribution in [0.1, 0.15) is 15.9 Å². The summed E-state index contributed by atoms with van der Waals surface area (Å²) in [5.41, 5.74) is 3.51. The molecule has 0 saturated heterocycles. The highest BCUT2D eigenvalue weighted by atomic mass is 16.4. The van der Waals surface area contributed by atoms with E-state index in [4.69, 9.17) is 5.11 Å². The van der Waals surface area contributed by atoms with Crippen molar-refractivity contribution in [1.82, 2.24) is 9.78 Å². The monoisotopic (exact) mass is 278 g/mol. The van der Waals surface area contributed by atoms with Gasteiger partial charge in [-0.3, -0.25) is 4.68 Å². The Morgan fingerprint density at radius 2 is 1.71 bits per heavy atom. The lowest BCUT2D eigenvalue weighted by molar-refractivity contribution is 0.0697. The third-order valence-electron chi connectivity index (χ3n) is 3.29. The number of carbonyl (C=O) groups is 1. The fraction of sp³-hybridized carbons (Fsp3) is 0.0588. The minimum atomic E-state index is -0.910. The highest BCUT2D eigenvalue weighted by molar-refractivity contribution is 5.87. The molecule has 0 unspecified atom stereocenters. The molecule has 3 rings (SSSR count). The molecule has 2 aromatic carbocycles. The van der Waals surface area contributed by atoms with Gasteiger partial charge in [0.25, 0.3) is 0 Å². The van der Waals surface area contributed by atoms with Crippen LogP contribution in [0.5, 0.6) is 0 Å². The van der Waals surface area contributed by atoms with Crippen LogP contribution in [0.4, 0.5) is 0 Å². The zero-order valence-corrected chi connectivity index (χ0v) is 11.3. The Bertz CT molecular complexity index is 746. The minimum Gasteiger partial charge on any atom is -0.478 e. The van der Waals surface area contributed by atoms with Gasteiger partial charge in [0.2, 0.25) is 0 Å². The second kappa shape index (κ2) is 5.63. The molecule has 0 aliphatic heterocycles. The number of hydrogen-bond donors (Lipinski definition) is 1. The summed E-state index contributed by atoms with van der Waals surface area (Å²) in [6.07, 6.45) is 3.82. The van der Waals surface area contributed by atoms with Crippen molar-refractivity contribution in [3.63, 3.8) is 0 Å². The molecule has 0 aliphatic rings. The fourth-order valence-corrected chi connectivity index (χ4v) is 2.17. The zero-order valence-electron chi connectivity index (χ0n) is 11.3. The lowest BCUT2D eigenvalue weighted by atomic mass is 10.1. The molecule has 0 amide bonds. The topological polar surface area (TPSA) is 55.1 Å². The van der Waals surface area contributed by atoms with Gasteiger partial charge in [0.15, 0.2) is 0 Å². The largest absolute Gasteiger partial charge is 0.478 e. The average molecular weight is 278 g/mol. The predicted molar refractivity (Wildman–Crippen MR) is 80.2 cm³/mol. The normalized spacial score (nSPS) is 10.5. The van der Waals surface area contributed by atoms with Crippen LogP contribution in [0.3, 0.4) is 0 Å². The van der Waals surface area contributed by atoms with Gasteiger partial charge in [-0.15, -0.1) is 0 Å². The number of aromatic carboxylic acids is 1. The van der Waals surface area contributed by atoms with Gasteiger partial charge in [0.05, 0.1) is 18.3 Å². The number of nitrogens with zero attached hydrogens (tertiary/aromatic N) is 2. The lowest BCUT2D eigenvalue weighted by Crippen LogP contribution is -2.01. The standard InChI is InChI=1S/C17H14N2O2/c20-17(21)15-8-6-13(7-9-15)11-19-12-16(10-18-19)14-4-2-1-3-5-14/h1-10,12H,11H2,(H,20,21). The van der Waals surface area contributed by atoms with Crippen molar-refractivity contribution in [1.29, 1.82) is 0 Å². The smallest absolute Gasteiger partial charge is 0.335 e. The highest BCUT2D eigenvalue weighted by Gasteiger charge is 2.04. The molecule has 0 atom stereocenters. The van der Waals surface area contributed by atoms with Crippen molar-refractivity contribution in [2.45, 2.75) is 6.54 Å². The summed E-state index contributed by atoms with van der Waals surface area (Å²) < 4.78 is 1.85. The molecule has 4 heteroatoms. The Labute approximate surface area is 122 Å². The predicted octanol–water partition coefficient (Wildman–Crippen LogP) is 3.30. The maximum atomic E-state index is 10.8. The molecule has 1 heterocycles. The Hall–Kier alpha value is -2.88. The maximum Gasteiger partial charge on any atom is 0.335 e. The van der Waals surface area contributed by atoms with Crippen molar-refractivity contribution < 1.29 is 9.90 Å². The van der Waals surface area contributed by atoms with Gasteiger partial charge in [-0.05, 0) is 23.3 Å². The molecule has 1 N–H and O–H groups in total. The first-order chi connectivity index (χ1) is 10.2. The van der Waals surface area contributed by atoms with E-state index in [0.717, 1.165) is 16.7 Å². The van der Waals surface area contributed by atoms with Crippen LogP contribution in [0.15, 0.2) is 67.0 Å². The van der Waals surface area contributed by atoms with Crippen LogP contribution in [0.25, 0.3) is 11.1 Å². The summed E-state index contributed by atoms with van der Waals surface area (Å²) in [6.45, 7) is 0.618. The van der Waals surface area contributed by atoms with E-state index >= 15 is 0 Å². The summed E-state index contributed by atoms with van der Waals surface area (Å²) in [6, 6.07) is 16.9. The van der Waals surface area contributed by atoms with Crippen molar-refractivity contribution in [2.24, 2.45) is 0 Å². The molecule has 0 saturated carbocycles. The van der Waals surface area contributed by atoms with Crippen LogP contribution in [-0.2, 0) is 6.54 Å². The average Bonchev–Trinajstić information content (AvgIpc) is 2.97. The third-order valence-corrected chi connectivity index (χ3v) is 3.29. The first kappa shape index (κ1) is 13.1. The number of carboxylic acids is 1. The Kier molecular flexibility index (Phi) is 3.51. The van der Waals surface area contributed by atoms with Gasteiger partial charge in [0.1, 0.15) is 0 Å². The molecule has 3 aromatic rings. The van der Waals surface area contributed by atoms with E-state index in [9.17, 15) is 4.79 Å². The third kappa shape index (κ3) is 3.00. The van der Waals surface area contributed by atoms with Crippen molar-refractivity contribution in [3.05, 3.63) is 78.1 Å². The fourth-order valence-electron chi connectivity index (χ4n) is 2.17. The Morgan fingerprint density at radius 1 is 1.00 bits per heavy atom. The number of hydrogen-bond acceptors (Lipinski definition) is 2. The van der Waals surface area contributed by atoms with E-state index in [1.54, 1.807) is 12.1 Å². The highest BCUT2D eigenvalue weighted by Crippen LogP contribution is 2.18. The summed E-state index contributed by atoms with van der Waals surface area (Å²) in [4.78, 5) is 10.8. The molecule has 104 valence electrons. The lowest BCUT2D eigenvalue weighted by Gasteiger charge is -2.02. The molecule has 0 aliphatic carbocycles. The molecular weight excluding hydrogens is 264 g/mol. The van der Waals surface area contributed by atoms with Crippen LogP contribution in [0.2, 0.25) is 0 Å². The molecule has 1 aromatic heterocycles. The molecule has 0 radical (unpaired) electrons. The van der Waals surface area contributed by atoms with E-state index in [2.05, 4.69) is 5.10 Å². The van der Waals surface area contributed by atoms with Gasteiger partial charge < -0.3 is 5.11 Å². The minimum absolute atomic E-state index is 0.296. The van der Waals surface area contributed by atoms with Crippen LogP contribution >= 0.6 is 0 Å². The van der Waals surface area contributed by atoms with E-state index in [1.165, 1.54) is 0 Å². The number of rotatable bonds is 4. The van der Waals surface area contributed by atoms with Gasteiger partial charge in [0, 0.05) is 11.8 Å². The van der Waals surface area contributed by atoms with Crippen molar-refractivity contribution in [2.75, 3.05) is 0 Å². The van der Waals surface area contributed by atoms with E-state index < -0.39 is 5.97 Å². The number of carboxylic acid groups (broad SMARTS) is 1. The first-order valence-electron chi connectivity index (χ1n) is 6.62. The van der Waals surface area contributed by atoms with Crippen LogP contribution in [0, 0.1) is 0 Å². The zero-order chi connectivity index (χ0) is 14.7. The molecular formula is C17H14N2O2. The number of aromatic nitrogens is 2.